The third-order valence-corrected chi connectivity index (χ3v) is 6.53. The highest BCUT2D eigenvalue weighted by molar-refractivity contribution is 7.39. The van der Waals surface area contributed by atoms with Crippen molar-refractivity contribution in [3.05, 3.63) is 53.1 Å². The molecule has 0 amide bonds. The summed E-state index contributed by atoms with van der Waals surface area (Å²) in [5, 5.41) is 5.68. The standard InChI is InChI=1S/C20H28N5P3/c1-13-8-17(25-19(23-13)21-12-22-25)15-4-3-7-24(11-15)10-14-5-6-16(18(26)9-14)20(2,27)28/h5-6,8-9,12,15H,3-4,7,10-11,26-28H2,1-2H3. The van der Waals surface area contributed by atoms with Crippen LogP contribution in [0.2, 0.25) is 0 Å². The predicted octanol–water partition coefficient (Wildman–Crippen LogP) is 3.24. The van der Waals surface area contributed by atoms with Crippen molar-refractivity contribution in [3.8, 4) is 0 Å². The molecule has 28 heavy (non-hydrogen) atoms. The van der Waals surface area contributed by atoms with Gasteiger partial charge in [-0.2, -0.15) is 10.1 Å². The molecular weight excluding hydrogens is 403 g/mol. The molecule has 1 aromatic carbocycles. The SMILES string of the molecule is Cc1cc(C2CCCN(Cc3ccc(C(C)(P)P)c(P)c3)C2)n2ncnc2n1. The molecule has 2 aromatic heterocycles. The van der Waals surface area contributed by atoms with Gasteiger partial charge in [0.2, 0.25) is 0 Å². The van der Waals surface area contributed by atoms with E-state index < -0.39 is 0 Å². The molecule has 8 heteroatoms. The Morgan fingerprint density at radius 2 is 2.07 bits per heavy atom. The molecule has 1 aliphatic heterocycles. The molecule has 4 atom stereocenters. The van der Waals surface area contributed by atoms with Gasteiger partial charge in [-0.15, -0.1) is 27.7 Å². The molecule has 4 unspecified atom stereocenters. The van der Waals surface area contributed by atoms with Crippen molar-refractivity contribution < 1.29 is 0 Å². The van der Waals surface area contributed by atoms with Gasteiger partial charge in [-0.1, -0.05) is 18.2 Å². The summed E-state index contributed by atoms with van der Waals surface area (Å²) in [5.74, 6) is 1.16. The van der Waals surface area contributed by atoms with Crippen LogP contribution in [0.5, 0.6) is 0 Å². The highest BCUT2D eigenvalue weighted by Crippen LogP contribution is 2.37. The lowest BCUT2D eigenvalue weighted by molar-refractivity contribution is 0.197. The van der Waals surface area contributed by atoms with Crippen molar-refractivity contribution >= 4 is 38.8 Å². The third-order valence-electron chi connectivity index (χ3n) is 5.43. The number of aryl methyl sites for hydroxylation is 1. The largest absolute Gasteiger partial charge is 0.298 e. The number of likely N-dealkylation sites (tertiary alicyclic amines) is 1. The lowest BCUT2D eigenvalue weighted by atomic mass is 9.93. The highest BCUT2D eigenvalue weighted by atomic mass is 31.1. The summed E-state index contributed by atoms with van der Waals surface area (Å²) in [6, 6.07) is 9.00. The fraction of sp³-hybridized carbons (Fsp3) is 0.450. The van der Waals surface area contributed by atoms with Gasteiger partial charge in [0.25, 0.3) is 5.78 Å². The molecule has 1 fully saturated rings. The van der Waals surface area contributed by atoms with E-state index in [1.54, 1.807) is 6.33 Å². The maximum atomic E-state index is 4.49. The molecule has 148 valence electrons. The lowest BCUT2D eigenvalue weighted by Gasteiger charge is -2.33. The fourth-order valence-electron chi connectivity index (χ4n) is 4.15. The number of hydrogen-bond donors (Lipinski definition) is 0. The van der Waals surface area contributed by atoms with Gasteiger partial charge in [-0.3, -0.25) is 4.90 Å². The number of piperidine rings is 1. The van der Waals surface area contributed by atoms with Crippen LogP contribution < -0.4 is 5.30 Å². The third kappa shape index (κ3) is 4.29. The summed E-state index contributed by atoms with van der Waals surface area (Å²) in [6.07, 6.45) is 3.98. The minimum atomic E-state index is 0.00814. The van der Waals surface area contributed by atoms with Crippen molar-refractivity contribution in [2.45, 2.75) is 44.0 Å². The van der Waals surface area contributed by atoms with E-state index in [9.17, 15) is 0 Å². The van der Waals surface area contributed by atoms with E-state index in [1.807, 2.05) is 11.4 Å². The Balaban J connectivity index is 1.53. The number of rotatable bonds is 4. The second-order valence-corrected chi connectivity index (χ2v) is 11.8. The van der Waals surface area contributed by atoms with Crippen molar-refractivity contribution in [2.75, 3.05) is 13.1 Å². The number of fused-ring (bicyclic) bond motifs is 1. The summed E-state index contributed by atoms with van der Waals surface area (Å²) in [6.45, 7) is 7.39. The zero-order chi connectivity index (χ0) is 19.9. The van der Waals surface area contributed by atoms with Gasteiger partial charge >= 0.3 is 0 Å². The van der Waals surface area contributed by atoms with Gasteiger partial charge in [0.15, 0.2) is 0 Å². The summed E-state index contributed by atoms with van der Waals surface area (Å²) < 4.78 is 1.91. The van der Waals surface area contributed by atoms with Crippen molar-refractivity contribution in [1.82, 2.24) is 24.5 Å². The zero-order valence-corrected chi connectivity index (χ0v) is 19.9. The molecular formula is C20H28N5P3. The van der Waals surface area contributed by atoms with E-state index in [0.717, 1.165) is 25.3 Å². The first-order valence-corrected chi connectivity index (χ1v) is 11.4. The molecule has 3 heterocycles. The van der Waals surface area contributed by atoms with Crippen LogP contribution in [0, 0.1) is 6.92 Å². The van der Waals surface area contributed by atoms with Crippen LogP contribution in [0.4, 0.5) is 0 Å². The number of aromatic nitrogens is 4. The van der Waals surface area contributed by atoms with Crippen LogP contribution >= 0.6 is 27.7 Å². The predicted molar refractivity (Wildman–Crippen MR) is 125 cm³/mol. The summed E-state index contributed by atoms with van der Waals surface area (Å²) in [4.78, 5) is 11.3. The zero-order valence-electron chi connectivity index (χ0n) is 16.5. The van der Waals surface area contributed by atoms with Crippen LogP contribution in [-0.4, -0.2) is 37.6 Å². The first-order chi connectivity index (χ1) is 13.3. The second kappa shape index (κ2) is 8.04. The van der Waals surface area contributed by atoms with Gasteiger partial charge in [0, 0.05) is 29.6 Å². The molecule has 0 N–H and O–H groups in total. The van der Waals surface area contributed by atoms with Crippen LogP contribution in [0.1, 0.15) is 48.2 Å². The van der Waals surface area contributed by atoms with E-state index in [4.69, 9.17) is 0 Å². The molecule has 0 spiro atoms. The van der Waals surface area contributed by atoms with Gasteiger partial charge < -0.3 is 0 Å². The Kier molecular flexibility index (Phi) is 5.83. The van der Waals surface area contributed by atoms with Gasteiger partial charge in [-0.25, -0.2) is 9.50 Å². The van der Waals surface area contributed by atoms with E-state index in [-0.39, 0.29) is 4.90 Å². The molecule has 0 radical (unpaired) electrons. The minimum absolute atomic E-state index is 0.00814. The molecule has 0 saturated carbocycles. The topological polar surface area (TPSA) is 46.3 Å². The maximum absolute atomic E-state index is 4.49. The molecule has 0 aliphatic carbocycles. The quantitative estimate of drug-likeness (QED) is 0.596. The lowest BCUT2D eigenvalue weighted by Crippen LogP contribution is -2.35. The van der Waals surface area contributed by atoms with Crippen molar-refractivity contribution in [1.29, 1.82) is 0 Å². The Labute approximate surface area is 173 Å². The smallest absolute Gasteiger partial charge is 0.252 e. The van der Waals surface area contributed by atoms with Gasteiger partial charge in [0.1, 0.15) is 6.33 Å². The van der Waals surface area contributed by atoms with E-state index in [2.05, 4.69) is 78.9 Å². The number of nitrogens with zero attached hydrogens (tertiary/aromatic N) is 5. The molecule has 3 aromatic rings. The molecule has 1 aliphatic rings. The molecule has 4 rings (SSSR count). The second-order valence-electron chi connectivity index (χ2n) is 8.07. The van der Waals surface area contributed by atoms with E-state index in [0.29, 0.717) is 11.7 Å². The van der Waals surface area contributed by atoms with Crippen LogP contribution in [0.15, 0.2) is 30.6 Å². The summed E-state index contributed by atoms with van der Waals surface area (Å²) >= 11 is 0. The van der Waals surface area contributed by atoms with Crippen LogP contribution in [0.3, 0.4) is 0 Å². The monoisotopic (exact) mass is 431 g/mol. The van der Waals surface area contributed by atoms with E-state index in [1.165, 1.54) is 35.0 Å². The van der Waals surface area contributed by atoms with Crippen LogP contribution in [0.25, 0.3) is 5.78 Å². The summed E-state index contributed by atoms with van der Waals surface area (Å²) in [5.41, 5.74) is 4.93. The average molecular weight is 431 g/mol. The fourth-order valence-corrected chi connectivity index (χ4v) is 5.63. The Hall–Kier alpha value is -0.980. The molecule has 1 saturated heterocycles. The normalized spacial score (nSPS) is 18.7. The molecule has 5 nitrogen and oxygen atoms in total. The van der Waals surface area contributed by atoms with Gasteiger partial charge in [0.05, 0.1) is 5.69 Å². The Morgan fingerprint density at radius 1 is 1.25 bits per heavy atom. The number of hydrogen-bond acceptors (Lipinski definition) is 4. The Bertz CT molecular complexity index is 995. The first-order valence-electron chi connectivity index (χ1n) is 9.67. The highest BCUT2D eigenvalue weighted by Gasteiger charge is 2.25. The first kappa shape index (κ1) is 20.3. The maximum Gasteiger partial charge on any atom is 0.252 e. The van der Waals surface area contributed by atoms with Crippen LogP contribution in [-0.2, 0) is 11.4 Å². The van der Waals surface area contributed by atoms with E-state index >= 15 is 0 Å². The van der Waals surface area contributed by atoms with Crippen molar-refractivity contribution in [3.63, 3.8) is 0 Å². The Morgan fingerprint density at radius 3 is 2.82 bits per heavy atom. The van der Waals surface area contributed by atoms with Crippen molar-refractivity contribution in [2.24, 2.45) is 0 Å². The molecule has 0 bridgehead atoms. The number of benzene rings is 1. The summed E-state index contributed by atoms with van der Waals surface area (Å²) in [7, 11) is 8.70. The average Bonchev–Trinajstić information content (AvgIpc) is 3.08. The minimum Gasteiger partial charge on any atom is -0.298 e. The van der Waals surface area contributed by atoms with Gasteiger partial charge in [-0.05, 0) is 55.7 Å².